The Bertz CT molecular complexity index is 1550. The van der Waals surface area contributed by atoms with Gasteiger partial charge in [-0.2, -0.15) is 23.8 Å². The van der Waals surface area contributed by atoms with Crippen molar-refractivity contribution in [3.05, 3.63) is 142 Å². The molecule has 0 aromatic heterocycles. The number of rotatable bonds is 2. The summed E-state index contributed by atoms with van der Waals surface area (Å²) in [5.41, 5.74) is 16.4. The van der Waals surface area contributed by atoms with E-state index >= 15 is 0 Å². The first-order valence-corrected chi connectivity index (χ1v) is 16.6. The molecule has 0 aliphatic heterocycles. The number of fused-ring (bicyclic) bond motifs is 5. The van der Waals surface area contributed by atoms with Gasteiger partial charge in [0.05, 0.1) is 0 Å². The van der Waals surface area contributed by atoms with E-state index in [1.165, 1.54) is 91.9 Å². The second-order valence-corrected chi connectivity index (χ2v) is 14.6. The molecule has 0 spiro atoms. The fraction of sp³-hybridized carbons (Fsp3) is 0.293. The summed E-state index contributed by atoms with van der Waals surface area (Å²) in [6.07, 6.45) is 10.5. The molecule has 0 nitrogen and oxygen atoms in total. The van der Waals surface area contributed by atoms with Gasteiger partial charge in [0, 0.05) is 0 Å². The van der Waals surface area contributed by atoms with Gasteiger partial charge in [0.15, 0.2) is 0 Å². The third kappa shape index (κ3) is 7.55. The Labute approximate surface area is 293 Å². The first kappa shape index (κ1) is 36.2. The Kier molecular flexibility index (Phi) is 12.2. The van der Waals surface area contributed by atoms with Gasteiger partial charge in [0.2, 0.25) is 0 Å². The van der Waals surface area contributed by atoms with Crippen LogP contribution in [0.4, 0.5) is 0 Å². The van der Waals surface area contributed by atoms with E-state index in [0.717, 1.165) is 12.8 Å². The van der Waals surface area contributed by atoms with Crippen LogP contribution in [-0.4, -0.2) is 3.21 Å². The first-order chi connectivity index (χ1) is 20.0. The summed E-state index contributed by atoms with van der Waals surface area (Å²) in [4.78, 5) is 0. The van der Waals surface area contributed by atoms with Gasteiger partial charge in [-0.25, -0.2) is 24.6 Å². The number of benzene rings is 3. The van der Waals surface area contributed by atoms with Crippen molar-refractivity contribution < 1.29 is 49.0 Å². The van der Waals surface area contributed by atoms with E-state index in [1.807, 2.05) is 30.3 Å². The molecule has 4 aromatic carbocycles. The number of allylic oxidation sites excluding steroid dienone is 4. The molecule has 0 heterocycles. The van der Waals surface area contributed by atoms with Gasteiger partial charge in [0.1, 0.15) is 0 Å². The molecule has 228 valence electrons. The van der Waals surface area contributed by atoms with Crippen molar-refractivity contribution in [2.75, 3.05) is 0 Å². The van der Waals surface area contributed by atoms with Crippen LogP contribution in [0.1, 0.15) is 100 Å². The third-order valence-corrected chi connectivity index (χ3v) is 10.7. The summed E-state index contributed by atoms with van der Waals surface area (Å²) in [5.74, 6) is 0. The quantitative estimate of drug-likeness (QED) is 0.232. The van der Waals surface area contributed by atoms with Crippen molar-refractivity contribution in [2.45, 2.75) is 78.6 Å². The van der Waals surface area contributed by atoms with Crippen LogP contribution in [0.3, 0.4) is 0 Å². The fourth-order valence-corrected chi connectivity index (χ4v) is 6.75. The van der Waals surface area contributed by atoms with Crippen LogP contribution in [0, 0.1) is 6.42 Å². The van der Waals surface area contributed by atoms with Crippen LogP contribution in [0.2, 0.25) is 0 Å². The van der Waals surface area contributed by atoms with Crippen molar-refractivity contribution in [3.63, 3.8) is 0 Å². The predicted molar refractivity (Wildman–Crippen MR) is 180 cm³/mol. The van der Waals surface area contributed by atoms with Crippen LogP contribution in [0.25, 0.3) is 22.3 Å². The summed E-state index contributed by atoms with van der Waals surface area (Å²) < 4.78 is 1.55. The Morgan fingerprint density at radius 3 is 1.86 bits per heavy atom. The number of hydrogen-bond donors (Lipinski definition) is 0. The zero-order chi connectivity index (χ0) is 30.1. The van der Waals surface area contributed by atoms with E-state index in [1.54, 1.807) is 3.21 Å². The molecule has 0 unspecified atom stereocenters. The van der Waals surface area contributed by atoms with Crippen molar-refractivity contribution in [1.82, 2.24) is 0 Å². The molecule has 3 aliphatic carbocycles. The van der Waals surface area contributed by atoms with Crippen molar-refractivity contribution in [1.29, 1.82) is 0 Å². The van der Waals surface area contributed by atoms with Crippen molar-refractivity contribution in [3.8, 4) is 11.1 Å². The van der Waals surface area contributed by atoms with Crippen LogP contribution in [-0.2, 0) is 41.5 Å². The SMILES string of the molecule is CC1=C[CH-]C(C)(C)c2cc3c(cc21)-c1cc2c(cc1C3)C(C)(C)CC=C2C.CC[C](=[Zr+2])c1ccccc1.[Cl-].[Cl-].c1cc[cH-]c1. The molecule has 0 amide bonds. The number of hydrogen-bond acceptors (Lipinski definition) is 0. The van der Waals surface area contributed by atoms with E-state index in [9.17, 15) is 0 Å². The van der Waals surface area contributed by atoms with Gasteiger partial charge in [-0.1, -0.05) is 62.9 Å². The maximum atomic E-state index is 2.51. The molecular weight excluding hydrogens is 655 g/mol. The fourth-order valence-electron chi connectivity index (χ4n) is 6.34. The standard InChI is InChI=1S/C27H29.C9H10.C5H5.2ClH.Zr/c1-16-7-9-26(3,4)24-12-18-11-19-13-25-21(17(2)8-10-27(25,5)6)15-23(19)22(18)14-20(16)24;1-2-6-9-7-4-3-5-8-9;1-2-4-5-3-1;;;/h7-9,12-15H,10-11H2,1-6H3;3-5,7-8H,2H2,1H3;1-5H;2*1H;/q-1;;-1;;;+2/p-2. The van der Waals surface area contributed by atoms with Gasteiger partial charge in [-0.15, -0.1) is 12.5 Å². The smallest absolute Gasteiger partial charge is 0.172 e. The summed E-state index contributed by atoms with van der Waals surface area (Å²) in [7, 11) is 0. The average Bonchev–Trinajstić information content (AvgIpc) is 3.68. The van der Waals surface area contributed by atoms with Gasteiger partial charge in [-0.3, -0.25) is 0 Å². The number of halogens is 2. The molecule has 0 fully saturated rings. The molecule has 7 rings (SSSR count). The molecule has 0 N–H and O–H groups in total. The summed E-state index contributed by atoms with van der Waals surface area (Å²) in [5, 5.41) is 0. The maximum Gasteiger partial charge on any atom is -0.172 e. The minimum atomic E-state index is 0. The molecule has 0 bridgehead atoms. The zero-order valence-electron chi connectivity index (χ0n) is 27.2. The Hall–Kier alpha value is -2.31. The summed E-state index contributed by atoms with van der Waals surface area (Å²) >= 11 is 1.54. The summed E-state index contributed by atoms with van der Waals surface area (Å²) in [6.45, 7) is 16.2. The minimum absolute atomic E-state index is 0. The zero-order valence-corrected chi connectivity index (χ0v) is 31.2. The molecule has 0 saturated heterocycles. The predicted octanol–water partition coefficient (Wildman–Crippen LogP) is 4.82. The molecule has 44 heavy (non-hydrogen) atoms. The van der Waals surface area contributed by atoms with Gasteiger partial charge in [-0.05, 0) is 70.2 Å². The normalized spacial score (nSPS) is 15.7. The summed E-state index contributed by atoms with van der Waals surface area (Å²) in [6, 6.07) is 30.5. The molecule has 4 aromatic rings. The topological polar surface area (TPSA) is 0 Å². The largest absolute Gasteiger partial charge is 1.00 e. The maximum absolute atomic E-state index is 2.51. The van der Waals surface area contributed by atoms with Crippen LogP contribution >= 0.6 is 0 Å². The average molecular weight is 699 g/mol. The van der Waals surface area contributed by atoms with Gasteiger partial charge in [0.25, 0.3) is 0 Å². The Morgan fingerprint density at radius 1 is 0.750 bits per heavy atom. The molecule has 0 saturated carbocycles. The molecule has 3 aliphatic rings. The Morgan fingerprint density at radius 2 is 1.32 bits per heavy atom. The van der Waals surface area contributed by atoms with E-state index in [4.69, 9.17) is 0 Å². The van der Waals surface area contributed by atoms with Crippen LogP contribution < -0.4 is 24.8 Å². The van der Waals surface area contributed by atoms with Crippen molar-refractivity contribution >= 4 is 14.4 Å². The minimum Gasteiger partial charge on any atom is -1.00 e. The second kappa shape index (κ2) is 14.9. The van der Waals surface area contributed by atoms with Crippen LogP contribution in [0.5, 0.6) is 0 Å². The monoisotopic (exact) mass is 696 g/mol. The van der Waals surface area contributed by atoms with E-state index in [2.05, 4.69) is 122 Å². The van der Waals surface area contributed by atoms with E-state index < -0.39 is 0 Å². The van der Waals surface area contributed by atoms with Gasteiger partial charge >= 0.3 is 76.7 Å². The molecule has 3 heteroatoms. The first-order valence-electron chi connectivity index (χ1n) is 15.4. The van der Waals surface area contributed by atoms with Crippen LogP contribution in [0.15, 0.2) is 97.1 Å². The van der Waals surface area contributed by atoms with E-state index in [-0.39, 0.29) is 35.6 Å². The van der Waals surface area contributed by atoms with Crippen molar-refractivity contribution in [2.24, 2.45) is 0 Å². The van der Waals surface area contributed by atoms with E-state index in [0.29, 0.717) is 0 Å². The Balaban J connectivity index is 0.000000258. The third-order valence-electron chi connectivity index (χ3n) is 9.13. The molecular formula is C41H44Cl2Zr-2. The second-order valence-electron chi connectivity index (χ2n) is 13.2. The molecule has 0 atom stereocenters. The van der Waals surface area contributed by atoms with Gasteiger partial charge < -0.3 is 24.8 Å². The molecule has 0 radical (unpaired) electrons.